The van der Waals surface area contributed by atoms with Crippen molar-refractivity contribution in [3.05, 3.63) is 37.0 Å². The van der Waals surface area contributed by atoms with Crippen LogP contribution >= 0.6 is 45.2 Å². The summed E-state index contributed by atoms with van der Waals surface area (Å²) in [5, 5.41) is 0. The minimum Gasteiger partial charge on any atom is -0.0654 e. The van der Waals surface area contributed by atoms with Gasteiger partial charge >= 0.3 is 0 Å². The molecule has 0 bridgehead atoms. The highest BCUT2D eigenvalue weighted by Crippen LogP contribution is 2.33. The molecule has 0 saturated carbocycles. The predicted molar refractivity (Wildman–Crippen MR) is 99.1 cm³/mol. The summed E-state index contributed by atoms with van der Waals surface area (Å²) in [7, 11) is 0. The van der Waals surface area contributed by atoms with Gasteiger partial charge in [-0.3, -0.25) is 0 Å². The Morgan fingerprint density at radius 1 is 1.00 bits per heavy atom. The zero-order valence-corrected chi connectivity index (χ0v) is 15.6. The van der Waals surface area contributed by atoms with Crippen molar-refractivity contribution in [2.45, 2.75) is 52.4 Å². The Balaban J connectivity index is 3.01. The van der Waals surface area contributed by atoms with E-state index in [2.05, 4.69) is 83.3 Å². The fourth-order valence-electron chi connectivity index (χ4n) is 1.96. The van der Waals surface area contributed by atoms with Crippen LogP contribution in [0.25, 0.3) is 5.57 Å². The number of allylic oxidation sites excluding steroid dienone is 2. The average molecular weight is 468 g/mol. The summed E-state index contributed by atoms with van der Waals surface area (Å²) in [4.78, 5) is 0. The number of halogens is 2. The van der Waals surface area contributed by atoms with Gasteiger partial charge in [0, 0.05) is 3.57 Å². The van der Waals surface area contributed by atoms with Crippen LogP contribution in [0.4, 0.5) is 0 Å². The Labute approximate surface area is 139 Å². The number of hydrogen-bond donors (Lipinski definition) is 0. The van der Waals surface area contributed by atoms with Crippen LogP contribution in [0.5, 0.6) is 0 Å². The molecule has 1 aromatic rings. The van der Waals surface area contributed by atoms with Crippen LogP contribution in [0, 0.1) is 3.57 Å². The van der Waals surface area contributed by atoms with Crippen molar-refractivity contribution in [1.29, 1.82) is 0 Å². The Hall–Kier alpha value is 0.420. The molecule has 0 spiro atoms. The summed E-state index contributed by atoms with van der Waals surface area (Å²) >= 11 is 5.02. The summed E-state index contributed by atoms with van der Waals surface area (Å²) in [6, 6.07) is 8.78. The van der Waals surface area contributed by atoms with Crippen LogP contribution in [0.1, 0.15) is 57.9 Å². The summed E-state index contributed by atoms with van der Waals surface area (Å²) in [6.45, 7) is 4.54. The van der Waals surface area contributed by atoms with E-state index in [-0.39, 0.29) is 0 Å². The van der Waals surface area contributed by atoms with Crippen molar-refractivity contribution < 1.29 is 0 Å². The van der Waals surface area contributed by atoms with Gasteiger partial charge in [-0.15, -0.1) is 0 Å². The molecule has 0 aliphatic heterocycles. The molecule has 0 unspecified atom stereocenters. The first-order valence-electron chi connectivity index (χ1n) is 6.83. The summed E-state index contributed by atoms with van der Waals surface area (Å²) in [5.74, 6) is 0. The quantitative estimate of drug-likeness (QED) is 0.386. The van der Waals surface area contributed by atoms with E-state index >= 15 is 0 Å². The topological polar surface area (TPSA) is 0 Å². The van der Waals surface area contributed by atoms with Gasteiger partial charge in [-0.2, -0.15) is 0 Å². The van der Waals surface area contributed by atoms with Crippen LogP contribution in [0.15, 0.2) is 27.8 Å². The molecular weight excluding hydrogens is 446 g/mol. The second-order valence-corrected chi connectivity index (χ2v) is 7.03. The third-order valence-corrected chi connectivity index (χ3v) is 5.19. The molecule has 18 heavy (non-hydrogen) atoms. The number of benzene rings is 1. The first-order chi connectivity index (χ1) is 8.70. The number of rotatable bonds is 7. The Morgan fingerprint density at radius 2 is 1.61 bits per heavy atom. The second-order valence-electron chi connectivity index (χ2n) is 4.57. The van der Waals surface area contributed by atoms with Crippen molar-refractivity contribution in [3.63, 3.8) is 0 Å². The lowest BCUT2D eigenvalue weighted by atomic mass is 9.98. The van der Waals surface area contributed by atoms with Gasteiger partial charge in [0.1, 0.15) is 0 Å². The van der Waals surface area contributed by atoms with Gasteiger partial charge in [-0.1, -0.05) is 44.9 Å². The van der Waals surface area contributed by atoms with Crippen molar-refractivity contribution in [1.82, 2.24) is 0 Å². The fourth-order valence-corrected chi connectivity index (χ4v) is 3.61. The lowest BCUT2D eigenvalue weighted by Gasteiger charge is -2.13. The smallest absolute Gasteiger partial charge is 0.0205 e. The minimum atomic E-state index is 1.22. The van der Waals surface area contributed by atoms with Gasteiger partial charge in [-0.05, 0) is 91.6 Å². The molecule has 1 rings (SSSR count). The maximum Gasteiger partial charge on any atom is 0.0205 e. The van der Waals surface area contributed by atoms with Crippen LogP contribution in [0.3, 0.4) is 0 Å². The molecule has 0 saturated heterocycles. The molecule has 0 radical (unpaired) electrons. The highest BCUT2D eigenvalue weighted by Gasteiger charge is 2.09. The third-order valence-electron chi connectivity index (χ3n) is 3.06. The van der Waals surface area contributed by atoms with Gasteiger partial charge in [0.15, 0.2) is 0 Å². The van der Waals surface area contributed by atoms with E-state index < -0.39 is 0 Å². The van der Waals surface area contributed by atoms with Crippen LogP contribution in [-0.2, 0) is 0 Å². The molecule has 0 amide bonds. The summed E-state index contributed by atoms with van der Waals surface area (Å²) < 4.78 is 2.94. The number of hydrogen-bond acceptors (Lipinski definition) is 0. The number of unbranched alkanes of at least 4 members (excludes halogenated alkanes) is 2. The van der Waals surface area contributed by atoms with E-state index in [0.717, 1.165) is 0 Å². The van der Waals surface area contributed by atoms with Gasteiger partial charge in [0.05, 0.1) is 0 Å². The first-order valence-corrected chi connectivity index (χ1v) is 8.98. The normalized spacial score (nSPS) is 12.4. The minimum absolute atomic E-state index is 1.22. The maximum absolute atomic E-state index is 2.56. The molecular formula is C16H22I2. The SMILES string of the molecule is CCCCC(I)=C(CCCC)c1ccccc1I. The van der Waals surface area contributed by atoms with E-state index in [1.54, 1.807) is 9.15 Å². The summed E-state index contributed by atoms with van der Waals surface area (Å²) in [6.07, 6.45) is 7.60. The van der Waals surface area contributed by atoms with E-state index in [4.69, 9.17) is 0 Å². The van der Waals surface area contributed by atoms with Crippen LogP contribution < -0.4 is 0 Å². The van der Waals surface area contributed by atoms with E-state index in [1.165, 1.54) is 47.7 Å². The highest BCUT2D eigenvalue weighted by atomic mass is 127. The molecule has 1 aromatic carbocycles. The third kappa shape index (κ3) is 5.19. The van der Waals surface area contributed by atoms with E-state index in [9.17, 15) is 0 Å². The standard InChI is InChI=1S/C16H22I2/c1-3-5-9-13(15(17)11-6-4-2)14-10-7-8-12-16(14)18/h7-8,10,12H,3-6,9,11H2,1-2H3. The molecule has 0 aromatic heterocycles. The highest BCUT2D eigenvalue weighted by molar-refractivity contribution is 14.1. The fraction of sp³-hybridized carbons (Fsp3) is 0.500. The first kappa shape index (κ1) is 16.5. The zero-order chi connectivity index (χ0) is 13.4. The lowest BCUT2D eigenvalue weighted by molar-refractivity contribution is 0.798. The Bertz CT molecular complexity index is 394. The molecule has 0 atom stereocenters. The van der Waals surface area contributed by atoms with Crippen LogP contribution in [-0.4, -0.2) is 0 Å². The molecule has 0 aliphatic rings. The van der Waals surface area contributed by atoms with E-state index in [0.29, 0.717) is 0 Å². The van der Waals surface area contributed by atoms with Crippen molar-refractivity contribution in [2.75, 3.05) is 0 Å². The van der Waals surface area contributed by atoms with Gasteiger partial charge < -0.3 is 0 Å². The molecule has 0 aliphatic carbocycles. The molecule has 0 N–H and O–H groups in total. The average Bonchev–Trinajstić information content (AvgIpc) is 2.38. The lowest BCUT2D eigenvalue weighted by Crippen LogP contribution is -1.92. The molecule has 0 nitrogen and oxygen atoms in total. The van der Waals surface area contributed by atoms with Crippen molar-refractivity contribution in [3.8, 4) is 0 Å². The van der Waals surface area contributed by atoms with Gasteiger partial charge in [-0.25, -0.2) is 0 Å². The van der Waals surface area contributed by atoms with Gasteiger partial charge in [0.2, 0.25) is 0 Å². The largest absolute Gasteiger partial charge is 0.0654 e. The molecule has 2 heteroatoms. The monoisotopic (exact) mass is 468 g/mol. The molecule has 0 heterocycles. The van der Waals surface area contributed by atoms with E-state index in [1.807, 2.05) is 0 Å². The predicted octanol–water partition coefficient (Wildman–Crippen LogP) is 6.82. The van der Waals surface area contributed by atoms with Crippen molar-refractivity contribution in [2.24, 2.45) is 0 Å². The zero-order valence-electron chi connectivity index (χ0n) is 11.3. The second kappa shape index (κ2) is 9.34. The van der Waals surface area contributed by atoms with Crippen molar-refractivity contribution >= 4 is 50.8 Å². The molecule has 100 valence electrons. The maximum atomic E-state index is 2.56. The molecule has 0 fully saturated rings. The van der Waals surface area contributed by atoms with Crippen LogP contribution in [0.2, 0.25) is 0 Å². The van der Waals surface area contributed by atoms with Gasteiger partial charge in [0.25, 0.3) is 0 Å². The Morgan fingerprint density at radius 3 is 2.22 bits per heavy atom. The Kier molecular flexibility index (Phi) is 8.55. The summed E-state index contributed by atoms with van der Waals surface area (Å²) in [5.41, 5.74) is 3.03.